The Balaban J connectivity index is 1.53. The normalized spacial score (nSPS) is 10.2. The molecule has 0 saturated carbocycles. The predicted octanol–water partition coefficient (Wildman–Crippen LogP) is 4.37. The molecule has 9 heteroatoms. The molecular formula is C23H19BrClN3O4. The van der Waals surface area contributed by atoms with Gasteiger partial charge >= 0.3 is 0 Å². The molecule has 3 rings (SSSR count). The molecule has 0 aliphatic carbocycles. The van der Waals surface area contributed by atoms with Gasteiger partial charge in [0.05, 0.1) is 28.6 Å². The van der Waals surface area contributed by atoms with E-state index in [0.717, 1.165) is 10.0 Å². The van der Waals surface area contributed by atoms with E-state index in [4.69, 9.17) is 16.3 Å². The minimum Gasteiger partial charge on any atom is -0.496 e. The van der Waals surface area contributed by atoms with Crippen molar-refractivity contribution in [1.29, 1.82) is 0 Å². The fourth-order valence-corrected chi connectivity index (χ4v) is 3.62. The second-order valence-corrected chi connectivity index (χ2v) is 7.92. The van der Waals surface area contributed by atoms with Gasteiger partial charge in [-0.1, -0.05) is 29.8 Å². The van der Waals surface area contributed by atoms with Gasteiger partial charge in [-0.25, -0.2) is 0 Å². The third kappa shape index (κ3) is 6.09. The van der Waals surface area contributed by atoms with Crippen molar-refractivity contribution in [2.24, 2.45) is 0 Å². The van der Waals surface area contributed by atoms with Crippen LogP contribution in [0, 0.1) is 0 Å². The van der Waals surface area contributed by atoms with E-state index in [1.807, 2.05) is 12.1 Å². The molecule has 3 aromatic carbocycles. The number of benzene rings is 3. The molecular weight excluding hydrogens is 498 g/mol. The Bertz CT molecular complexity index is 1150. The molecule has 3 N–H and O–H groups in total. The first-order valence-electron chi connectivity index (χ1n) is 9.45. The van der Waals surface area contributed by atoms with Crippen molar-refractivity contribution in [2.45, 2.75) is 6.42 Å². The average Bonchev–Trinajstić information content (AvgIpc) is 2.78. The first kappa shape index (κ1) is 23.3. The molecule has 3 amide bonds. The summed E-state index contributed by atoms with van der Waals surface area (Å²) >= 11 is 9.36. The number of amides is 3. The van der Waals surface area contributed by atoms with Gasteiger partial charge in [0.25, 0.3) is 11.8 Å². The molecule has 0 spiro atoms. The molecule has 0 radical (unpaired) electrons. The fourth-order valence-electron chi connectivity index (χ4n) is 2.81. The number of rotatable bonds is 6. The highest BCUT2D eigenvalue weighted by Gasteiger charge is 2.12. The van der Waals surface area contributed by atoms with Gasteiger partial charge in [0.2, 0.25) is 5.91 Å². The molecule has 0 fully saturated rings. The van der Waals surface area contributed by atoms with E-state index in [2.05, 4.69) is 32.1 Å². The largest absolute Gasteiger partial charge is 0.496 e. The summed E-state index contributed by atoms with van der Waals surface area (Å²) in [5.41, 5.74) is 6.57. The van der Waals surface area contributed by atoms with Gasteiger partial charge in [0.15, 0.2) is 0 Å². The number of methoxy groups -OCH3 is 1. The highest BCUT2D eigenvalue weighted by atomic mass is 79.9. The second kappa shape index (κ2) is 10.8. The Morgan fingerprint density at radius 1 is 0.938 bits per heavy atom. The minimum absolute atomic E-state index is 0.179. The second-order valence-electron chi connectivity index (χ2n) is 6.66. The predicted molar refractivity (Wildman–Crippen MR) is 126 cm³/mol. The molecule has 0 aliphatic heterocycles. The third-order valence-electron chi connectivity index (χ3n) is 4.42. The summed E-state index contributed by atoms with van der Waals surface area (Å²) < 4.78 is 5.95. The number of hydrazine groups is 1. The zero-order chi connectivity index (χ0) is 23.1. The van der Waals surface area contributed by atoms with Crippen molar-refractivity contribution in [3.63, 3.8) is 0 Å². The Kier molecular flexibility index (Phi) is 7.86. The van der Waals surface area contributed by atoms with Crippen LogP contribution in [0.1, 0.15) is 26.3 Å². The van der Waals surface area contributed by atoms with Crippen LogP contribution in [0.5, 0.6) is 5.75 Å². The fraction of sp³-hybridized carbons (Fsp3) is 0.0870. The van der Waals surface area contributed by atoms with Crippen LogP contribution >= 0.6 is 27.5 Å². The van der Waals surface area contributed by atoms with Crippen LogP contribution in [0.3, 0.4) is 0 Å². The van der Waals surface area contributed by atoms with E-state index >= 15 is 0 Å². The van der Waals surface area contributed by atoms with E-state index in [0.29, 0.717) is 17.0 Å². The lowest BCUT2D eigenvalue weighted by Crippen LogP contribution is -2.41. The summed E-state index contributed by atoms with van der Waals surface area (Å²) in [5.74, 6) is -0.554. The molecule has 164 valence electrons. The van der Waals surface area contributed by atoms with Crippen LogP contribution in [0.4, 0.5) is 5.69 Å². The van der Waals surface area contributed by atoms with Gasteiger partial charge in [-0.05, 0) is 70.0 Å². The zero-order valence-electron chi connectivity index (χ0n) is 16.9. The lowest BCUT2D eigenvalue weighted by atomic mass is 10.1. The summed E-state index contributed by atoms with van der Waals surface area (Å²) in [7, 11) is 1.57. The smallest absolute Gasteiger partial charge is 0.271 e. The molecule has 3 aromatic rings. The van der Waals surface area contributed by atoms with E-state index in [-0.39, 0.29) is 22.9 Å². The number of carbonyl (C=O) groups excluding carboxylic acids is 3. The monoisotopic (exact) mass is 515 g/mol. The van der Waals surface area contributed by atoms with Crippen LogP contribution in [-0.2, 0) is 11.2 Å². The van der Waals surface area contributed by atoms with Crippen LogP contribution in [0.2, 0.25) is 5.02 Å². The molecule has 0 unspecified atom stereocenters. The molecule has 0 heterocycles. The lowest BCUT2D eigenvalue weighted by Gasteiger charge is -2.10. The van der Waals surface area contributed by atoms with Crippen molar-refractivity contribution >= 4 is 50.9 Å². The Labute approximate surface area is 198 Å². The summed E-state index contributed by atoms with van der Waals surface area (Å²) in [5, 5.41) is 3.06. The molecule has 7 nitrogen and oxygen atoms in total. The third-order valence-corrected chi connectivity index (χ3v) is 5.37. The van der Waals surface area contributed by atoms with Gasteiger partial charge in [-0.2, -0.15) is 0 Å². The number of ether oxygens (including phenoxy) is 1. The Morgan fingerprint density at radius 3 is 2.28 bits per heavy atom. The summed E-state index contributed by atoms with van der Waals surface area (Å²) in [6, 6.07) is 18.2. The van der Waals surface area contributed by atoms with Crippen LogP contribution in [0.15, 0.2) is 71.2 Å². The molecule has 0 saturated heterocycles. The summed E-state index contributed by atoms with van der Waals surface area (Å²) in [6.45, 7) is 0. The molecule has 0 bridgehead atoms. The highest BCUT2D eigenvalue weighted by Crippen LogP contribution is 2.25. The van der Waals surface area contributed by atoms with E-state index in [1.54, 1.807) is 49.6 Å². The van der Waals surface area contributed by atoms with E-state index in [9.17, 15) is 14.4 Å². The number of carbonyl (C=O) groups is 3. The number of anilines is 1. The first-order valence-corrected chi connectivity index (χ1v) is 10.6. The highest BCUT2D eigenvalue weighted by molar-refractivity contribution is 9.10. The lowest BCUT2D eigenvalue weighted by molar-refractivity contribution is -0.115. The van der Waals surface area contributed by atoms with Crippen LogP contribution in [-0.4, -0.2) is 24.8 Å². The van der Waals surface area contributed by atoms with Crippen LogP contribution < -0.4 is 20.9 Å². The van der Waals surface area contributed by atoms with Crippen molar-refractivity contribution < 1.29 is 19.1 Å². The van der Waals surface area contributed by atoms with Crippen molar-refractivity contribution in [3.8, 4) is 5.75 Å². The van der Waals surface area contributed by atoms with Crippen molar-refractivity contribution in [2.75, 3.05) is 12.4 Å². The van der Waals surface area contributed by atoms with Gasteiger partial charge in [0.1, 0.15) is 5.75 Å². The van der Waals surface area contributed by atoms with Crippen LogP contribution in [0.25, 0.3) is 0 Å². The van der Waals surface area contributed by atoms with E-state index < -0.39 is 11.8 Å². The molecule has 0 aliphatic rings. The molecule has 0 atom stereocenters. The first-order chi connectivity index (χ1) is 15.4. The molecule has 32 heavy (non-hydrogen) atoms. The number of hydrogen-bond acceptors (Lipinski definition) is 4. The number of halogens is 2. The van der Waals surface area contributed by atoms with Crippen molar-refractivity contribution in [3.05, 3.63) is 92.9 Å². The Morgan fingerprint density at radius 2 is 1.62 bits per heavy atom. The van der Waals surface area contributed by atoms with Gasteiger partial charge in [0, 0.05) is 11.3 Å². The number of hydrogen-bond donors (Lipinski definition) is 3. The van der Waals surface area contributed by atoms with Gasteiger partial charge in [-0.3, -0.25) is 25.2 Å². The standard InChI is InChI=1S/C23H19BrClN3O4/c1-32-20-11-6-14(12-18(20)24)13-21(29)26-16-9-7-15(8-10-16)22(30)27-28-23(31)17-4-2-3-5-19(17)25/h2-12H,13H2,1H3,(H,26,29)(H,27,30)(H,28,31). The SMILES string of the molecule is COc1ccc(CC(=O)Nc2ccc(C(=O)NNC(=O)c3ccccc3Cl)cc2)cc1Br. The number of nitrogens with one attached hydrogen (secondary N) is 3. The minimum atomic E-state index is -0.530. The molecule has 0 aromatic heterocycles. The summed E-state index contributed by atoms with van der Waals surface area (Å²) in [4.78, 5) is 36.7. The Hall–Kier alpha value is -3.36. The van der Waals surface area contributed by atoms with Gasteiger partial charge in [-0.15, -0.1) is 0 Å². The average molecular weight is 517 g/mol. The maximum Gasteiger partial charge on any atom is 0.271 e. The van der Waals surface area contributed by atoms with E-state index in [1.165, 1.54) is 12.1 Å². The van der Waals surface area contributed by atoms with Crippen molar-refractivity contribution in [1.82, 2.24) is 10.9 Å². The zero-order valence-corrected chi connectivity index (χ0v) is 19.3. The quantitative estimate of drug-likeness (QED) is 0.424. The topological polar surface area (TPSA) is 96.5 Å². The van der Waals surface area contributed by atoms with Gasteiger partial charge < -0.3 is 10.1 Å². The summed E-state index contributed by atoms with van der Waals surface area (Å²) in [6.07, 6.45) is 0.179. The maximum absolute atomic E-state index is 12.3. The maximum atomic E-state index is 12.3.